The van der Waals surface area contributed by atoms with Crippen LogP contribution in [0.1, 0.15) is 25.2 Å². The van der Waals surface area contributed by atoms with Gasteiger partial charge in [0.25, 0.3) is 0 Å². The van der Waals surface area contributed by atoms with Crippen molar-refractivity contribution in [1.82, 2.24) is 15.3 Å². The zero-order chi connectivity index (χ0) is 16.8. The second-order valence-electron chi connectivity index (χ2n) is 5.97. The van der Waals surface area contributed by atoms with E-state index in [0.29, 0.717) is 0 Å². The van der Waals surface area contributed by atoms with E-state index in [2.05, 4.69) is 64.4 Å². The van der Waals surface area contributed by atoms with Gasteiger partial charge in [0.05, 0.1) is 11.0 Å². The van der Waals surface area contributed by atoms with Crippen molar-refractivity contribution >= 4 is 16.7 Å². The summed E-state index contributed by atoms with van der Waals surface area (Å²) in [4.78, 5) is 10.3. The summed E-state index contributed by atoms with van der Waals surface area (Å²) in [7, 11) is 0. The van der Waals surface area contributed by atoms with Gasteiger partial charge in [-0.25, -0.2) is 4.98 Å². The van der Waals surface area contributed by atoms with Crippen LogP contribution in [0.2, 0.25) is 0 Å². The molecule has 0 fully saturated rings. The van der Waals surface area contributed by atoms with Crippen LogP contribution in [-0.4, -0.2) is 29.6 Å². The maximum atomic E-state index is 4.61. The lowest BCUT2D eigenvalue weighted by Crippen LogP contribution is -2.22. The van der Waals surface area contributed by atoms with Gasteiger partial charge in [-0.3, -0.25) is 0 Å². The molecule has 0 atom stereocenters. The summed E-state index contributed by atoms with van der Waals surface area (Å²) < 4.78 is 0. The van der Waals surface area contributed by atoms with Crippen LogP contribution in [0.5, 0.6) is 0 Å². The molecule has 3 rings (SSSR count). The van der Waals surface area contributed by atoms with E-state index in [4.69, 9.17) is 0 Å². The Balaban J connectivity index is 1.47. The first kappa shape index (κ1) is 16.5. The lowest BCUT2D eigenvalue weighted by Gasteiger charge is -2.21. The molecular weight excluding hydrogens is 296 g/mol. The summed E-state index contributed by atoms with van der Waals surface area (Å²) in [6, 6.07) is 17.0. The van der Waals surface area contributed by atoms with E-state index >= 15 is 0 Å². The van der Waals surface area contributed by atoms with E-state index in [1.807, 2.05) is 18.2 Å². The standard InChI is InChI=1S/C20H26N4/c1-3-24(4-2)17-11-9-16(10-12-17)15-21-14-13-20-22-18-7-5-6-8-19(18)23-20/h5-12,21H,3-4,13-15H2,1-2H3,(H,22,23). The minimum Gasteiger partial charge on any atom is -0.372 e. The maximum absolute atomic E-state index is 4.61. The number of hydrogen-bond acceptors (Lipinski definition) is 3. The second-order valence-corrected chi connectivity index (χ2v) is 5.97. The summed E-state index contributed by atoms with van der Waals surface area (Å²) in [5, 5.41) is 3.50. The van der Waals surface area contributed by atoms with E-state index in [1.165, 1.54) is 11.3 Å². The normalized spacial score (nSPS) is 11.1. The Morgan fingerprint density at radius 3 is 2.46 bits per heavy atom. The Kier molecular flexibility index (Phi) is 5.49. The van der Waals surface area contributed by atoms with Crippen molar-refractivity contribution < 1.29 is 0 Å². The van der Waals surface area contributed by atoms with E-state index in [1.54, 1.807) is 0 Å². The zero-order valence-electron chi connectivity index (χ0n) is 14.5. The Hall–Kier alpha value is -2.33. The molecule has 0 saturated heterocycles. The lowest BCUT2D eigenvalue weighted by atomic mass is 10.2. The average Bonchev–Trinajstić information content (AvgIpc) is 3.04. The maximum Gasteiger partial charge on any atom is 0.108 e. The monoisotopic (exact) mass is 322 g/mol. The van der Waals surface area contributed by atoms with Crippen molar-refractivity contribution in [3.63, 3.8) is 0 Å². The summed E-state index contributed by atoms with van der Waals surface area (Å²) in [6.07, 6.45) is 0.909. The molecule has 0 amide bonds. The van der Waals surface area contributed by atoms with Crippen LogP contribution in [0.15, 0.2) is 48.5 Å². The topological polar surface area (TPSA) is 44.0 Å². The number of aromatic nitrogens is 2. The molecule has 0 bridgehead atoms. The van der Waals surface area contributed by atoms with Crippen LogP contribution in [0.4, 0.5) is 5.69 Å². The molecule has 126 valence electrons. The molecule has 4 heteroatoms. The van der Waals surface area contributed by atoms with Crippen LogP contribution < -0.4 is 10.2 Å². The molecule has 0 aliphatic rings. The number of anilines is 1. The number of para-hydroxylation sites is 2. The van der Waals surface area contributed by atoms with Crippen molar-refractivity contribution in [2.75, 3.05) is 24.5 Å². The predicted molar refractivity (Wildman–Crippen MR) is 102 cm³/mol. The van der Waals surface area contributed by atoms with Gasteiger partial charge in [-0.2, -0.15) is 0 Å². The number of H-pyrrole nitrogens is 1. The van der Waals surface area contributed by atoms with Gasteiger partial charge in [-0.15, -0.1) is 0 Å². The van der Waals surface area contributed by atoms with Crippen LogP contribution in [0.3, 0.4) is 0 Å². The first-order valence-corrected chi connectivity index (χ1v) is 8.78. The fraction of sp³-hybridized carbons (Fsp3) is 0.350. The number of fused-ring (bicyclic) bond motifs is 1. The number of imidazole rings is 1. The Bertz CT molecular complexity index is 724. The van der Waals surface area contributed by atoms with Gasteiger partial charge in [-0.1, -0.05) is 24.3 Å². The molecule has 0 saturated carbocycles. The largest absolute Gasteiger partial charge is 0.372 e. The highest BCUT2D eigenvalue weighted by atomic mass is 15.1. The van der Waals surface area contributed by atoms with Gasteiger partial charge in [0, 0.05) is 38.3 Å². The Morgan fingerprint density at radius 1 is 1.00 bits per heavy atom. The Labute approximate surface area is 143 Å². The van der Waals surface area contributed by atoms with E-state index in [0.717, 1.165) is 49.5 Å². The minimum atomic E-state index is 0.888. The third-order valence-corrected chi connectivity index (χ3v) is 4.37. The van der Waals surface area contributed by atoms with Gasteiger partial charge in [-0.05, 0) is 43.7 Å². The highest BCUT2D eigenvalue weighted by Gasteiger charge is 2.03. The van der Waals surface area contributed by atoms with Crippen LogP contribution in [0, 0.1) is 0 Å². The smallest absolute Gasteiger partial charge is 0.108 e. The summed E-state index contributed by atoms with van der Waals surface area (Å²) in [5.74, 6) is 1.04. The number of nitrogens with zero attached hydrogens (tertiary/aromatic N) is 2. The number of nitrogens with one attached hydrogen (secondary N) is 2. The molecule has 0 spiro atoms. The van der Waals surface area contributed by atoms with Gasteiger partial charge in [0.2, 0.25) is 0 Å². The molecule has 2 aromatic carbocycles. The highest BCUT2D eigenvalue weighted by Crippen LogP contribution is 2.15. The van der Waals surface area contributed by atoms with E-state index < -0.39 is 0 Å². The molecule has 0 aliphatic heterocycles. The SMILES string of the molecule is CCN(CC)c1ccc(CNCCc2nc3ccccc3[nH]2)cc1. The Morgan fingerprint density at radius 2 is 1.75 bits per heavy atom. The van der Waals surface area contributed by atoms with Crippen LogP contribution in [0.25, 0.3) is 11.0 Å². The van der Waals surface area contributed by atoms with E-state index in [9.17, 15) is 0 Å². The predicted octanol–water partition coefficient (Wildman–Crippen LogP) is 3.74. The van der Waals surface area contributed by atoms with Crippen molar-refractivity contribution in [3.8, 4) is 0 Å². The number of aromatic amines is 1. The molecule has 0 radical (unpaired) electrons. The molecule has 2 N–H and O–H groups in total. The van der Waals surface area contributed by atoms with Gasteiger partial charge in [0.15, 0.2) is 0 Å². The summed E-state index contributed by atoms with van der Waals surface area (Å²) >= 11 is 0. The summed E-state index contributed by atoms with van der Waals surface area (Å²) in [5.41, 5.74) is 4.76. The van der Waals surface area contributed by atoms with Gasteiger partial charge < -0.3 is 15.2 Å². The second kappa shape index (κ2) is 7.97. The minimum absolute atomic E-state index is 0.888. The van der Waals surface area contributed by atoms with Crippen molar-refractivity contribution in [1.29, 1.82) is 0 Å². The first-order chi connectivity index (χ1) is 11.8. The van der Waals surface area contributed by atoms with Gasteiger partial charge >= 0.3 is 0 Å². The molecule has 0 unspecified atom stereocenters. The molecule has 24 heavy (non-hydrogen) atoms. The molecule has 1 heterocycles. The fourth-order valence-electron chi connectivity index (χ4n) is 2.98. The lowest BCUT2D eigenvalue weighted by molar-refractivity contribution is 0.675. The third-order valence-electron chi connectivity index (χ3n) is 4.37. The molecule has 3 aromatic rings. The van der Waals surface area contributed by atoms with Crippen molar-refractivity contribution in [2.45, 2.75) is 26.8 Å². The van der Waals surface area contributed by atoms with Crippen molar-refractivity contribution in [3.05, 3.63) is 59.9 Å². The average molecular weight is 322 g/mol. The highest BCUT2D eigenvalue weighted by molar-refractivity contribution is 5.74. The molecule has 0 aliphatic carbocycles. The molecular formula is C20H26N4. The molecule has 1 aromatic heterocycles. The summed E-state index contributed by atoms with van der Waals surface area (Å²) in [6.45, 7) is 8.28. The number of rotatable bonds is 8. The van der Waals surface area contributed by atoms with Gasteiger partial charge in [0.1, 0.15) is 5.82 Å². The van der Waals surface area contributed by atoms with Crippen LogP contribution >= 0.6 is 0 Å². The first-order valence-electron chi connectivity index (χ1n) is 8.78. The number of hydrogen-bond donors (Lipinski definition) is 2. The number of benzene rings is 2. The van der Waals surface area contributed by atoms with Crippen molar-refractivity contribution in [2.24, 2.45) is 0 Å². The third kappa shape index (κ3) is 3.95. The van der Waals surface area contributed by atoms with Crippen LogP contribution in [-0.2, 0) is 13.0 Å². The molecule has 4 nitrogen and oxygen atoms in total. The fourth-order valence-corrected chi connectivity index (χ4v) is 2.98. The zero-order valence-corrected chi connectivity index (χ0v) is 14.5. The van der Waals surface area contributed by atoms with E-state index in [-0.39, 0.29) is 0 Å². The quantitative estimate of drug-likeness (QED) is 0.621.